The molecule has 1 N–H and O–H groups in total. The molecule has 0 amide bonds. The number of alkyl halides is 3. The first-order valence-electron chi connectivity index (χ1n) is 8.92. The minimum atomic E-state index is -5.06. The van der Waals surface area contributed by atoms with Crippen LogP contribution in [0, 0.1) is 11.8 Å². The molecule has 0 aliphatic rings. The normalized spacial score (nSPS) is 14.3. The molecule has 29 heavy (non-hydrogen) atoms. The van der Waals surface area contributed by atoms with Gasteiger partial charge in [0.1, 0.15) is 5.75 Å². The Balaban J connectivity index is 3.34. The van der Waals surface area contributed by atoms with Gasteiger partial charge in [-0.25, -0.2) is 4.79 Å². The van der Waals surface area contributed by atoms with E-state index in [9.17, 15) is 18.0 Å². The number of esters is 1. The largest absolute Gasteiger partial charge is 0.495 e. The molecule has 1 rings (SSSR count). The summed E-state index contributed by atoms with van der Waals surface area (Å²) in [6, 6.07) is 5.93. The van der Waals surface area contributed by atoms with E-state index in [-0.39, 0.29) is 23.1 Å². The second-order valence-corrected chi connectivity index (χ2v) is 12.7. The number of nitrogens with one attached hydrogen (secondary N) is 1. The summed E-state index contributed by atoms with van der Waals surface area (Å²) in [6.07, 6.45) is -5.06. The molecule has 0 fully saturated rings. The minimum absolute atomic E-state index is 0.0441. The summed E-state index contributed by atoms with van der Waals surface area (Å²) >= 11 is 0. The topological polar surface area (TPSA) is 56.8 Å². The molecule has 162 valence electrons. The molecule has 1 aromatic rings. The molecule has 0 saturated heterocycles. The Morgan fingerprint density at radius 1 is 1.14 bits per heavy atom. The first-order chi connectivity index (χ1) is 13.2. The highest BCUT2D eigenvalue weighted by molar-refractivity contribution is 6.74. The van der Waals surface area contributed by atoms with E-state index in [0.717, 1.165) is 7.11 Å². The van der Waals surface area contributed by atoms with Crippen molar-refractivity contribution in [1.29, 1.82) is 0 Å². The van der Waals surface area contributed by atoms with Gasteiger partial charge in [-0.1, -0.05) is 44.7 Å². The van der Waals surface area contributed by atoms with Gasteiger partial charge < -0.3 is 19.2 Å². The van der Waals surface area contributed by atoms with Crippen molar-refractivity contribution in [3.8, 4) is 17.6 Å². The minimum Gasteiger partial charge on any atom is -0.495 e. The van der Waals surface area contributed by atoms with Crippen molar-refractivity contribution >= 4 is 20.0 Å². The maximum absolute atomic E-state index is 14.0. The van der Waals surface area contributed by atoms with Crippen molar-refractivity contribution in [1.82, 2.24) is 0 Å². The molecule has 1 atom stereocenters. The zero-order valence-electron chi connectivity index (χ0n) is 17.8. The number of para-hydroxylation sites is 2. The SMILES string of the molecule is COC(=O)[C@@](C#CCO[Si](C)(C)C(C)(C)C)(Nc1ccccc1OC)C(F)(F)F. The lowest BCUT2D eigenvalue weighted by Crippen LogP contribution is -2.57. The van der Waals surface area contributed by atoms with Crippen LogP contribution in [0.4, 0.5) is 18.9 Å². The zero-order valence-corrected chi connectivity index (χ0v) is 18.8. The number of carbonyl (C=O) groups excluding carboxylic acids is 1. The molecule has 0 radical (unpaired) electrons. The summed E-state index contributed by atoms with van der Waals surface area (Å²) in [5.74, 6) is 2.96. The summed E-state index contributed by atoms with van der Waals surface area (Å²) in [5.41, 5.74) is -3.31. The number of hydrogen-bond donors (Lipinski definition) is 1. The number of carbonyl (C=O) groups is 1. The number of ether oxygens (including phenoxy) is 2. The lowest BCUT2D eigenvalue weighted by Gasteiger charge is -2.35. The van der Waals surface area contributed by atoms with E-state index < -0.39 is 26.0 Å². The Bertz CT molecular complexity index is 778. The summed E-state index contributed by atoms with van der Waals surface area (Å²) in [4.78, 5) is 12.3. The second-order valence-electron chi connectivity index (χ2n) is 7.92. The number of methoxy groups -OCH3 is 2. The third-order valence-electron chi connectivity index (χ3n) is 4.93. The van der Waals surface area contributed by atoms with Crippen molar-refractivity contribution in [3.63, 3.8) is 0 Å². The van der Waals surface area contributed by atoms with Crippen molar-refractivity contribution in [2.24, 2.45) is 0 Å². The fraction of sp³-hybridized carbons (Fsp3) is 0.550. The van der Waals surface area contributed by atoms with Crippen LogP contribution in [-0.2, 0) is 14.0 Å². The standard InChI is InChI=1S/C20H28F3NO4Si/c1-18(2,3)29(6,7)28-14-10-13-19(17(25)27-5,20(21,22)23)24-15-11-8-9-12-16(15)26-4/h8-9,11-12,24H,14H2,1-7H3/t19-/m1/s1. The maximum atomic E-state index is 14.0. The third-order valence-corrected chi connectivity index (χ3v) is 9.41. The number of halogens is 3. The predicted octanol–water partition coefficient (Wildman–Crippen LogP) is 4.61. The lowest BCUT2D eigenvalue weighted by molar-refractivity contribution is -0.187. The molecule has 0 saturated carbocycles. The quantitative estimate of drug-likeness (QED) is 0.405. The monoisotopic (exact) mass is 431 g/mol. The zero-order chi connectivity index (χ0) is 22.5. The van der Waals surface area contributed by atoms with Gasteiger partial charge in [0.2, 0.25) is 0 Å². The van der Waals surface area contributed by atoms with E-state index in [1.807, 2.05) is 39.8 Å². The molecule has 0 aromatic heterocycles. The lowest BCUT2D eigenvalue weighted by atomic mass is 9.98. The Morgan fingerprint density at radius 2 is 1.72 bits per heavy atom. The van der Waals surface area contributed by atoms with Gasteiger partial charge in [0.25, 0.3) is 5.54 Å². The molecule has 1 aromatic carbocycles. The van der Waals surface area contributed by atoms with Crippen LogP contribution in [0.25, 0.3) is 0 Å². The van der Waals surface area contributed by atoms with E-state index in [2.05, 4.69) is 16.0 Å². The molecule has 0 aliphatic heterocycles. The van der Waals surface area contributed by atoms with Gasteiger partial charge in [0.05, 0.1) is 26.5 Å². The fourth-order valence-corrected chi connectivity index (χ4v) is 2.96. The van der Waals surface area contributed by atoms with Crippen LogP contribution < -0.4 is 10.1 Å². The van der Waals surface area contributed by atoms with Crippen LogP contribution in [0.5, 0.6) is 5.75 Å². The molecule has 0 bridgehead atoms. The van der Waals surface area contributed by atoms with E-state index in [0.29, 0.717) is 0 Å². The third kappa shape index (κ3) is 5.67. The summed E-state index contributed by atoms with van der Waals surface area (Å²) < 4.78 is 57.5. The smallest absolute Gasteiger partial charge is 0.434 e. The second kappa shape index (κ2) is 9.09. The Kier molecular flexibility index (Phi) is 7.79. The van der Waals surface area contributed by atoms with Gasteiger partial charge in [-0.15, -0.1) is 0 Å². The molecule has 9 heteroatoms. The highest BCUT2D eigenvalue weighted by atomic mass is 28.4. The van der Waals surface area contributed by atoms with E-state index in [1.54, 1.807) is 6.07 Å². The summed E-state index contributed by atoms with van der Waals surface area (Å²) in [7, 11) is -0.0241. The van der Waals surface area contributed by atoms with E-state index in [4.69, 9.17) is 9.16 Å². The van der Waals surface area contributed by atoms with Gasteiger partial charge >= 0.3 is 12.1 Å². The first kappa shape index (κ1) is 24.9. The summed E-state index contributed by atoms with van der Waals surface area (Å²) in [6.45, 7) is 9.69. The molecule has 0 unspecified atom stereocenters. The average molecular weight is 432 g/mol. The van der Waals surface area contributed by atoms with Crippen molar-refractivity contribution < 1.29 is 31.9 Å². The Morgan fingerprint density at radius 3 is 2.21 bits per heavy atom. The van der Waals surface area contributed by atoms with Crippen LogP contribution in [0.15, 0.2) is 24.3 Å². The van der Waals surface area contributed by atoms with Crippen molar-refractivity contribution in [2.45, 2.75) is 50.6 Å². The van der Waals surface area contributed by atoms with Crippen LogP contribution >= 0.6 is 0 Å². The van der Waals surface area contributed by atoms with Gasteiger partial charge in [-0.2, -0.15) is 13.2 Å². The Hall–Kier alpha value is -2.18. The van der Waals surface area contributed by atoms with Crippen molar-refractivity contribution in [3.05, 3.63) is 24.3 Å². The molecule has 0 aliphatic carbocycles. The first-order valence-corrected chi connectivity index (χ1v) is 11.8. The summed E-state index contributed by atoms with van der Waals surface area (Å²) in [5, 5.41) is 2.06. The average Bonchev–Trinajstić information content (AvgIpc) is 2.61. The number of anilines is 1. The molecule has 0 heterocycles. The molecular formula is C20H28F3NO4Si. The van der Waals surface area contributed by atoms with Gasteiger partial charge in [-0.3, -0.25) is 0 Å². The van der Waals surface area contributed by atoms with E-state index in [1.165, 1.54) is 25.3 Å². The van der Waals surface area contributed by atoms with Crippen molar-refractivity contribution in [2.75, 3.05) is 26.1 Å². The van der Waals surface area contributed by atoms with Gasteiger partial charge in [0, 0.05) is 0 Å². The molecule has 5 nitrogen and oxygen atoms in total. The van der Waals surface area contributed by atoms with Crippen LogP contribution in [0.2, 0.25) is 18.1 Å². The maximum Gasteiger partial charge on any atom is 0.434 e. The van der Waals surface area contributed by atoms with Gasteiger partial charge in [-0.05, 0) is 30.3 Å². The van der Waals surface area contributed by atoms with Crippen LogP contribution in [-0.4, -0.2) is 46.8 Å². The highest BCUT2D eigenvalue weighted by Crippen LogP contribution is 2.38. The Labute approximate surface area is 171 Å². The van der Waals surface area contributed by atoms with Gasteiger partial charge in [0.15, 0.2) is 8.32 Å². The highest BCUT2D eigenvalue weighted by Gasteiger charge is 2.61. The number of hydrogen-bond acceptors (Lipinski definition) is 5. The van der Waals surface area contributed by atoms with Crippen LogP contribution in [0.1, 0.15) is 20.8 Å². The molecule has 0 spiro atoms. The van der Waals surface area contributed by atoms with Crippen LogP contribution in [0.3, 0.4) is 0 Å². The van der Waals surface area contributed by atoms with E-state index >= 15 is 0 Å². The predicted molar refractivity (Wildman–Crippen MR) is 108 cm³/mol. The number of benzene rings is 1. The number of rotatable bonds is 6. The fourth-order valence-electron chi connectivity index (χ4n) is 2.10. The molecular weight excluding hydrogens is 403 g/mol.